The highest BCUT2D eigenvalue weighted by molar-refractivity contribution is 7.24. The van der Waals surface area contributed by atoms with Crippen molar-refractivity contribution in [3.05, 3.63) is 57.0 Å². The fourth-order valence-electron chi connectivity index (χ4n) is 5.03. The van der Waals surface area contributed by atoms with Crippen LogP contribution >= 0.6 is 11.3 Å². The van der Waals surface area contributed by atoms with Crippen molar-refractivity contribution in [2.24, 2.45) is 0 Å². The molecule has 8 heteroatoms. The normalized spacial score (nSPS) is 14.7. The maximum atomic E-state index is 14.1. The molecular weight excluding hydrogens is 464 g/mol. The van der Waals surface area contributed by atoms with Gasteiger partial charge in [0.05, 0.1) is 21.3 Å². The van der Waals surface area contributed by atoms with Gasteiger partial charge in [-0.3, -0.25) is 14.2 Å². The van der Waals surface area contributed by atoms with Crippen molar-refractivity contribution in [1.29, 1.82) is 0 Å². The van der Waals surface area contributed by atoms with Gasteiger partial charge in [-0.05, 0) is 37.1 Å². The van der Waals surface area contributed by atoms with Crippen LogP contribution in [0.2, 0.25) is 0 Å². The molecule has 182 valence electrons. The number of rotatable bonds is 5. The summed E-state index contributed by atoms with van der Waals surface area (Å²) < 4.78 is 19.2. The number of aromatic nitrogens is 2. The van der Waals surface area contributed by atoms with Crippen LogP contribution in [0.1, 0.15) is 44.6 Å². The largest absolute Gasteiger partial charge is 0.493 e. The van der Waals surface area contributed by atoms with Crippen molar-refractivity contribution < 1.29 is 14.2 Å². The fourth-order valence-corrected chi connectivity index (χ4v) is 6.07. The van der Waals surface area contributed by atoms with E-state index in [-0.39, 0.29) is 22.4 Å². The van der Waals surface area contributed by atoms with E-state index < -0.39 is 0 Å². The van der Waals surface area contributed by atoms with Crippen LogP contribution in [0.4, 0.5) is 0 Å². The Morgan fingerprint density at radius 3 is 2.20 bits per heavy atom. The first-order valence-corrected chi connectivity index (χ1v) is 12.7. The SMILES string of the molecule is COc1cc(-c2nc3sc4ccccc4c(=O)c3c(=O)n2C2CCCCCC2)cc(OC)c1OC. The van der Waals surface area contributed by atoms with E-state index in [1.54, 1.807) is 32.0 Å². The third-order valence-corrected chi connectivity index (χ3v) is 7.82. The summed E-state index contributed by atoms with van der Waals surface area (Å²) in [6, 6.07) is 11.0. The summed E-state index contributed by atoms with van der Waals surface area (Å²) in [5, 5.41) is 0.714. The molecule has 0 bridgehead atoms. The van der Waals surface area contributed by atoms with Gasteiger partial charge in [-0.2, -0.15) is 0 Å². The number of nitrogens with zero attached hydrogens (tertiary/aromatic N) is 2. The van der Waals surface area contributed by atoms with Gasteiger partial charge < -0.3 is 14.2 Å². The van der Waals surface area contributed by atoms with E-state index in [0.29, 0.717) is 38.9 Å². The Morgan fingerprint density at radius 2 is 1.57 bits per heavy atom. The van der Waals surface area contributed by atoms with Crippen molar-refractivity contribution in [2.75, 3.05) is 21.3 Å². The molecule has 2 heterocycles. The summed E-state index contributed by atoms with van der Waals surface area (Å²) in [5.41, 5.74) is 0.138. The van der Waals surface area contributed by atoms with E-state index in [9.17, 15) is 9.59 Å². The van der Waals surface area contributed by atoms with Crippen LogP contribution in [0.5, 0.6) is 17.2 Å². The monoisotopic (exact) mass is 492 g/mol. The minimum atomic E-state index is -0.280. The molecule has 4 aromatic rings. The molecule has 35 heavy (non-hydrogen) atoms. The summed E-state index contributed by atoms with van der Waals surface area (Å²) in [4.78, 5) is 32.9. The summed E-state index contributed by atoms with van der Waals surface area (Å²) in [7, 11) is 4.68. The third-order valence-electron chi connectivity index (χ3n) is 6.76. The molecular formula is C27H28N2O5S. The molecule has 1 aliphatic rings. The third kappa shape index (κ3) is 4.05. The maximum Gasteiger partial charge on any atom is 0.266 e. The Kier molecular flexibility index (Phi) is 6.47. The second-order valence-corrected chi connectivity index (χ2v) is 9.81. The van der Waals surface area contributed by atoms with E-state index in [4.69, 9.17) is 19.2 Å². The average molecular weight is 493 g/mol. The smallest absolute Gasteiger partial charge is 0.266 e. The second kappa shape index (κ2) is 9.70. The lowest BCUT2D eigenvalue weighted by Gasteiger charge is -2.23. The Labute approximate surface area is 206 Å². The van der Waals surface area contributed by atoms with Crippen LogP contribution in [0.25, 0.3) is 31.7 Å². The molecule has 2 aromatic heterocycles. The first-order valence-electron chi connectivity index (χ1n) is 11.9. The van der Waals surface area contributed by atoms with Crippen molar-refractivity contribution in [2.45, 2.75) is 44.6 Å². The van der Waals surface area contributed by atoms with Gasteiger partial charge in [-0.25, -0.2) is 4.98 Å². The Morgan fingerprint density at radius 1 is 0.914 bits per heavy atom. The molecule has 0 unspecified atom stereocenters. The van der Waals surface area contributed by atoms with Crippen molar-refractivity contribution in [1.82, 2.24) is 9.55 Å². The molecule has 5 rings (SSSR count). The molecule has 7 nitrogen and oxygen atoms in total. The fraction of sp³-hybridized carbons (Fsp3) is 0.370. The van der Waals surface area contributed by atoms with Crippen molar-refractivity contribution in [3.8, 4) is 28.6 Å². The predicted molar refractivity (Wildman–Crippen MR) is 139 cm³/mol. The lowest BCUT2D eigenvalue weighted by atomic mass is 10.1. The Balaban J connectivity index is 1.87. The number of hydrogen-bond acceptors (Lipinski definition) is 7. The molecule has 1 fully saturated rings. The van der Waals surface area contributed by atoms with E-state index in [2.05, 4.69) is 0 Å². The molecule has 0 spiro atoms. The maximum absolute atomic E-state index is 14.1. The first kappa shape index (κ1) is 23.4. The van der Waals surface area contributed by atoms with Crippen LogP contribution < -0.4 is 25.2 Å². The summed E-state index contributed by atoms with van der Waals surface area (Å²) in [5.74, 6) is 1.95. The molecule has 2 aromatic carbocycles. The van der Waals surface area contributed by atoms with Crippen LogP contribution in [0.15, 0.2) is 46.0 Å². The van der Waals surface area contributed by atoms with Gasteiger partial charge in [0.2, 0.25) is 11.2 Å². The van der Waals surface area contributed by atoms with E-state index in [1.165, 1.54) is 11.3 Å². The van der Waals surface area contributed by atoms with Crippen LogP contribution in [0, 0.1) is 0 Å². The molecule has 1 saturated carbocycles. The van der Waals surface area contributed by atoms with Gasteiger partial charge in [0.1, 0.15) is 16.0 Å². The van der Waals surface area contributed by atoms with Gasteiger partial charge in [0.25, 0.3) is 5.56 Å². The molecule has 1 aliphatic carbocycles. The van der Waals surface area contributed by atoms with Gasteiger partial charge in [0, 0.05) is 21.7 Å². The second-order valence-electron chi connectivity index (χ2n) is 8.78. The van der Waals surface area contributed by atoms with Crippen LogP contribution in [-0.2, 0) is 0 Å². The molecule has 0 radical (unpaired) electrons. The molecule has 0 amide bonds. The number of benzene rings is 2. The van der Waals surface area contributed by atoms with Gasteiger partial charge >= 0.3 is 0 Å². The standard InChI is InChI=1S/C27H28N2O5S/c1-32-19-14-16(15-20(33-2)24(19)34-3)25-28-26-22(23(30)18-12-8-9-13-21(18)35-26)27(31)29(25)17-10-6-4-5-7-11-17/h8-9,12-15,17H,4-7,10-11H2,1-3H3. The highest BCUT2D eigenvalue weighted by Crippen LogP contribution is 2.42. The highest BCUT2D eigenvalue weighted by atomic mass is 32.1. The lowest BCUT2D eigenvalue weighted by molar-refractivity contribution is 0.324. The zero-order valence-electron chi connectivity index (χ0n) is 20.1. The minimum Gasteiger partial charge on any atom is -0.493 e. The van der Waals surface area contributed by atoms with Crippen molar-refractivity contribution >= 4 is 31.6 Å². The van der Waals surface area contributed by atoms with E-state index in [0.717, 1.165) is 43.2 Å². The van der Waals surface area contributed by atoms with Gasteiger partial charge in [0.15, 0.2) is 11.5 Å². The zero-order valence-corrected chi connectivity index (χ0v) is 20.9. The highest BCUT2D eigenvalue weighted by Gasteiger charge is 2.25. The van der Waals surface area contributed by atoms with Crippen LogP contribution in [0.3, 0.4) is 0 Å². The van der Waals surface area contributed by atoms with Gasteiger partial charge in [-0.15, -0.1) is 11.3 Å². The molecule has 0 aliphatic heterocycles. The molecule has 0 atom stereocenters. The topological polar surface area (TPSA) is 79.7 Å². The number of hydrogen-bond donors (Lipinski definition) is 0. The average Bonchev–Trinajstić information content (AvgIpc) is 3.17. The zero-order chi connectivity index (χ0) is 24.5. The number of fused-ring (bicyclic) bond motifs is 2. The Bertz CT molecular complexity index is 1490. The summed E-state index contributed by atoms with van der Waals surface area (Å²) >= 11 is 1.36. The predicted octanol–water partition coefficient (Wildman–Crippen LogP) is 5.56. The number of ether oxygens (including phenoxy) is 3. The first-order chi connectivity index (χ1) is 17.1. The minimum absolute atomic E-state index is 0.0353. The Hall–Kier alpha value is -3.39. The summed E-state index contributed by atoms with van der Waals surface area (Å²) in [6.07, 6.45) is 6.10. The summed E-state index contributed by atoms with van der Waals surface area (Å²) in [6.45, 7) is 0. The molecule has 0 N–H and O–H groups in total. The quantitative estimate of drug-likeness (QED) is 0.268. The van der Waals surface area contributed by atoms with E-state index >= 15 is 0 Å². The van der Waals surface area contributed by atoms with Crippen molar-refractivity contribution in [3.63, 3.8) is 0 Å². The van der Waals surface area contributed by atoms with Crippen LogP contribution in [-0.4, -0.2) is 30.9 Å². The molecule has 0 saturated heterocycles. The van der Waals surface area contributed by atoms with Gasteiger partial charge in [-0.1, -0.05) is 37.8 Å². The lowest BCUT2D eigenvalue weighted by Crippen LogP contribution is -2.30. The number of methoxy groups -OCH3 is 3. The van der Waals surface area contributed by atoms with E-state index in [1.807, 2.05) is 30.3 Å².